The summed E-state index contributed by atoms with van der Waals surface area (Å²) >= 11 is 11.7. The maximum Gasteiger partial charge on any atom is 0.0755 e. The molecule has 1 aromatic carbocycles. The molecular formula is C11H16Cl3NO. The van der Waals surface area contributed by atoms with E-state index >= 15 is 0 Å². The zero-order chi connectivity index (χ0) is 11.6. The van der Waals surface area contributed by atoms with Gasteiger partial charge in [-0.25, -0.2) is 0 Å². The molecule has 0 aliphatic heterocycles. The Hall–Kier alpha value is 0.01000. The van der Waals surface area contributed by atoms with E-state index in [1.165, 1.54) is 0 Å². The first-order valence-electron chi connectivity index (χ1n) is 4.81. The van der Waals surface area contributed by atoms with Crippen LogP contribution in [0.3, 0.4) is 0 Å². The fourth-order valence-electron chi connectivity index (χ4n) is 1.38. The lowest BCUT2D eigenvalue weighted by molar-refractivity contribution is 0.0979. The summed E-state index contributed by atoms with van der Waals surface area (Å²) in [7, 11) is 0. The van der Waals surface area contributed by atoms with E-state index in [1.807, 2.05) is 13.8 Å². The molecule has 0 saturated heterocycles. The Morgan fingerprint density at radius 1 is 1.12 bits per heavy atom. The van der Waals surface area contributed by atoms with Crippen LogP contribution >= 0.6 is 35.6 Å². The largest absolute Gasteiger partial charge is 0.391 e. The van der Waals surface area contributed by atoms with Crippen molar-refractivity contribution in [2.45, 2.75) is 26.0 Å². The molecule has 0 fully saturated rings. The fraction of sp³-hybridized carbons (Fsp3) is 0.455. The van der Waals surface area contributed by atoms with E-state index in [0.29, 0.717) is 10.0 Å². The van der Waals surface area contributed by atoms with Crippen molar-refractivity contribution in [3.8, 4) is 0 Å². The number of nitrogens with two attached hydrogens (primary N) is 1. The minimum atomic E-state index is -0.598. The summed E-state index contributed by atoms with van der Waals surface area (Å²) in [6.45, 7) is 3.83. The molecule has 1 aromatic rings. The molecule has 0 radical (unpaired) electrons. The van der Waals surface area contributed by atoms with Gasteiger partial charge in [0, 0.05) is 10.0 Å². The molecule has 0 spiro atoms. The van der Waals surface area contributed by atoms with Crippen LogP contribution in [-0.2, 0) is 0 Å². The van der Waals surface area contributed by atoms with E-state index in [4.69, 9.17) is 28.9 Å². The highest BCUT2D eigenvalue weighted by Gasteiger charge is 2.20. The number of benzene rings is 1. The Morgan fingerprint density at radius 2 is 1.56 bits per heavy atom. The fourth-order valence-corrected chi connectivity index (χ4v) is 1.92. The Labute approximate surface area is 112 Å². The summed E-state index contributed by atoms with van der Waals surface area (Å²) in [5.74, 6) is 0.0951. The van der Waals surface area contributed by atoms with Gasteiger partial charge in [-0.2, -0.15) is 0 Å². The van der Waals surface area contributed by atoms with Crippen LogP contribution in [0.4, 0.5) is 0 Å². The molecule has 5 heteroatoms. The molecule has 0 heterocycles. The molecule has 0 aromatic heterocycles. The maximum atomic E-state index is 9.82. The first-order valence-corrected chi connectivity index (χ1v) is 5.57. The van der Waals surface area contributed by atoms with Crippen LogP contribution in [0, 0.1) is 5.92 Å². The van der Waals surface area contributed by atoms with Crippen LogP contribution in [0.2, 0.25) is 10.0 Å². The zero-order valence-electron chi connectivity index (χ0n) is 9.15. The monoisotopic (exact) mass is 283 g/mol. The van der Waals surface area contributed by atoms with Crippen molar-refractivity contribution >= 4 is 35.6 Å². The van der Waals surface area contributed by atoms with E-state index in [1.54, 1.807) is 18.2 Å². The van der Waals surface area contributed by atoms with Crippen molar-refractivity contribution in [3.63, 3.8) is 0 Å². The molecule has 0 bridgehead atoms. The van der Waals surface area contributed by atoms with Gasteiger partial charge in [-0.15, -0.1) is 12.4 Å². The highest BCUT2D eigenvalue weighted by Crippen LogP contribution is 2.26. The first-order chi connectivity index (χ1) is 6.91. The summed E-state index contributed by atoms with van der Waals surface area (Å²) in [5.41, 5.74) is 6.67. The summed E-state index contributed by atoms with van der Waals surface area (Å²) in [6.07, 6.45) is -0.598. The molecule has 2 atom stereocenters. The molecule has 3 N–H and O–H groups in total. The van der Waals surface area contributed by atoms with E-state index in [9.17, 15) is 5.11 Å². The van der Waals surface area contributed by atoms with E-state index in [2.05, 4.69) is 0 Å². The van der Waals surface area contributed by atoms with Crippen LogP contribution in [0.25, 0.3) is 0 Å². The van der Waals surface area contributed by atoms with Gasteiger partial charge < -0.3 is 10.8 Å². The van der Waals surface area contributed by atoms with Crippen LogP contribution < -0.4 is 5.73 Å². The van der Waals surface area contributed by atoms with E-state index in [-0.39, 0.29) is 18.3 Å². The van der Waals surface area contributed by atoms with Gasteiger partial charge in [0.25, 0.3) is 0 Å². The van der Waals surface area contributed by atoms with Crippen molar-refractivity contribution in [2.75, 3.05) is 0 Å². The number of hydrogen-bond acceptors (Lipinski definition) is 2. The van der Waals surface area contributed by atoms with Crippen LogP contribution in [0.1, 0.15) is 25.5 Å². The Kier molecular flexibility index (Phi) is 6.68. The predicted molar refractivity (Wildman–Crippen MR) is 71.5 cm³/mol. The third kappa shape index (κ3) is 4.11. The average Bonchev–Trinajstić information content (AvgIpc) is 2.13. The molecule has 0 saturated carbocycles. The predicted octanol–water partition coefficient (Wildman–Crippen LogP) is 3.43. The van der Waals surface area contributed by atoms with Crippen LogP contribution in [0.15, 0.2) is 18.2 Å². The highest BCUT2D eigenvalue weighted by atomic mass is 35.5. The van der Waals surface area contributed by atoms with Crippen molar-refractivity contribution in [2.24, 2.45) is 11.7 Å². The van der Waals surface area contributed by atoms with Gasteiger partial charge >= 0.3 is 0 Å². The van der Waals surface area contributed by atoms with Crippen LogP contribution in [-0.4, -0.2) is 11.2 Å². The summed E-state index contributed by atoms with van der Waals surface area (Å²) < 4.78 is 0. The first kappa shape index (κ1) is 16.0. The second-order valence-electron chi connectivity index (χ2n) is 3.96. The summed E-state index contributed by atoms with van der Waals surface area (Å²) in [4.78, 5) is 0. The SMILES string of the molecule is CC(C)[C@H](O)[C@H](N)c1cc(Cl)cc(Cl)c1.Cl. The average molecular weight is 285 g/mol. The normalized spacial score (nSPS) is 14.4. The van der Waals surface area contributed by atoms with Gasteiger partial charge in [-0.05, 0) is 29.7 Å². The quantitative estimate of drug-likeness (QED) is 0.893. The molecule has 0 aliphatic carbocycles. The maximum absolute atomic E-state index is 9.82. The molecule has 0 aliphatic rings. The molecule has 16 heavy (non-hydrogen) atoms. The summed E-state index contributed by atoms with van der Waals surface area (Å²) in [6, 6.07) is 4.63. The second kappa shape index (κ2) is 6.67. The molecule has 0 unspecified atom stereocenters. The highest BCUT2D eigenvalue weighted by molar-refractivity contribution is 6.34. The van der Waals surface area contributed by atoms with Gasteiger partial charge in [0.05, 0.1) is 12.1 Å². The third-order valence-electron chi connectivity index (χ3n) is 2.32. The number of aliphatic hydroxyl groups excluding tert-OH is 1. The molecule has 0 amide bonds. The number of halogens is 3. The Bertz CT molecular complexity index is 324. The second-order valence-corrected chi connectivity index (χ2v) is 4.84. The third-order valence-corrected chi connectivity index (χ3v) is 2.76. The van der Waals surface area contributed by atoms with E-state index < -0.39 is 12.1 Å². The minimum absolute atomic E-state index is 0. The lowest BCUT2D eigenvalue weighted by Gasteiger charge is -2.22. The van der Waals surface area contributed by atoms with Gasteiger partial charge in [0.2, 0.25) is 0 Å². The Morgan fingerprint density at radius 3 is 1.94 bits per heavy atom. The van der Waals surface area contributed by atoms with Crippen molar-refractivity contribution < 1.29 is 5.11 Å². The zero-order valence-corrected chi connectivity index (χ0v) is 11.5. The van der Waals surface area contributed by atoms with Crippen molar-refractivity contribution in [1.29, 1.82) is 0 Å². The van der Waals surface area contributed by atoms with Crippen LogP contribution in [0.5, 0.6) is 0 Å². The van der Waals surface area contributed by atoms with Gasteiger partial charge in [-0.1, -0.05) is 37.0 Å². The lowest BCUT2D eigenvalue weighted by Crippen LogP contribution is -2.30. The number of rotatable bonds is 3. The van der Waals surface area contributed by atoms with Gasteiger partial charge in [0.15, 0.2) is 0 Å². The lowest BCUT2D eigenvalue weighted by atomic mass is 9.94. The molecule has 1 rings (SSSR count). The standard InChI is InChI=1S/C11H15Cl2NO.ClH/c1-6(2)11(15)10(14)7-3-8(12)5-9(13)4-7;/h3-6,10-11,15H,14H2,1-2H3;1H/t10-,11+;/m1./s1. The summed E-state index contributed by atoms with van der Waals surface area (Å²) in [5, 5.41) is 10.9. The van der Waals surface area contributed by atoms with Crippen molar-refractivity contribution in [1.82, 2.24) is 0 Å². The number of hydrogen-bond donors (Lipinski definition) is 2. The minimum Gasteiger partial charge on any atom is -0.391 e. The molecule has 92 valence electrons. The van der Waals surface area contributed by atoms with Gasteiger partial charge in [0.1, 0.15) is 0 Å². The molecular weight excluding hydrogens is 268 g/mol. The smallest absolute Gasteiger partial charge is 0.0755 e. The van der Waals surface area contributed by atoms with Gasteiger partial charge in [-0.3, -0.25) is 0 Å². The number of aliphatic hydroxyl groups is 1. The van der Waals surface area contributed by atoms with Crippen molar-refractivity contribution in [3.05, 3.63) is 33.8 Å². The topological polar surface area (TPSA) is 46.2 Å². The Balaban J connectivity index is 0.00000225. The molecule has 2 nitrogen and oxygen atoms in total. The van der Waals surface area contributed by atoms with E-state index in [0.717, 1.165) is 5.56 Å².